The summed E-state index contributed by atoms with van der Waals surface area (Å²) in [6.45, 7) is 0.924. The average Bonchev–Trinajstić information content (AvgIpc) is 3.23. The molecular formula is C17H17FN2O4. The largest absolute Gasteiger partial charge is 0.486 e. The highest BCUT2D eigenvalue weighted by Crippen LogP contribution is 2.20. The molecule has 126 valence electrons. The number of hydrogen-bond acceptors (Lipinski definition) is 4. The molecule has 0 bridgehead atoms. The van der Waals surface area contributed by atoms with Gasteiger partial charge in [0.25, 0.3) is 5.91 Å². The number of nitrogens with zero attached hydrogens (tertiary/aromatic N) is 1. The molecule has 7 heteroatoms. The van der Waals surface area contributed by atoms with Gasteiger partial charge in [0.2, 0.25) is 5.91 Å². The minimum atomic E-state index is -0.391. The Morgan fingerprint density at radius 3 is 2.67 bits per heavy atom. The molecule has 0 aliphatic carbocycles. The number of primary amides is 1. The van der Waals surface area contributed by atoms with Crippen LogP contribution in [-0.2, 0) is 11.4 Å². The Balaban J connectivity index is 1.58. The van der Waals surface area contributed by atoms with Crippen molar-refractivity contribution in [3.8, 4) is 5.75 Å². The van der Waals surface area contributed by atoms with Crippen LogP contribution >= 0.6 is 0 Å². The molecule has 6 nitrogen and oxygen atoms in total. The Bertz CT molecular complexity index is 741. The van der Waals surface area contributed by atoms with Crippen molar-refractivity contribution in [1.29, 1.82) is 0 Å². The predicted octanol–water partition coefficient (Wildman–Crippen LogP) is 1.95. The van der Waals surface area contributed by atoms with Crippen molar-refractivity contribution in [3.05, 3.63) is 53.7 Å². The fraction of sp³-hybridized carbons (Fsp3) is 0.294. The highest BCUT2D eigenvalue weighted by molar-refractivity contribution is 5.92. The van der Waals surface area contributed by atoms with Crippen LogP contribution in [0.2, 0.25) is 0 Å². The van der Waals surface area contributed by atoms with E-state index in [1.54, 1.807) is 17.0 Å². The van der Waals surface area contributed by atoms with Crippen molar-refractivity contribution in [3.63, 3.8) is 0 Å². The number of amides is 2. The van der Waals surface area contributed by atoms with Gasteiger partial charge < -0.3 is 19.8 Å². The minimum absolute atomic E-state index is 0.128. The first-order chi connectivity index (χ1) is 11.5. The van der Waals surface area contributed by atoms with Crippen LogP contribution < -0.4 is 10.5 Å². The molecule has 1 fully saturated rings. The van der Waals surface area contributed by atoms with E-state index >= 15 is 0 Å². The van der Waals surface area contributed by atoms with Gasteiger partial charge in [-0.3, -0.25) is 9.59 Å². The van der Waals surface area contributed by atoms with Gasteiger partial charge in [-0.1, -0.05) is 0 Å². The second-order valence-corrected chi connectivity index (χ2v) is 5.65. The molecule has 1 saturated heterocycles. The van der Waals surface area contributed by atoms with Crippen LogP contribution in [0.25, 0.3) is 0 Å². The summed E-state index contributed by atoms with van der Waals surface area (Å²) >= 11 is 0. The fourth-order valence-electron chi connectivity index (χ4n) is 2.59. The quantitative estimate of drug-likeness (QED) is 0.907. The molecule has 2 amide bonds. The van der Waals surface area contributed by atoms with E-state index in [1.165, 1.54) is 24.3 Å². The molecule has 1 atom stereocenters. The van der Waals surface area contributed by atoms with E-state index < -0.39 is 5.91 Å². The van der Waals surface area contributed by atoms with Crippen molar-refractivity contribution in [2.24, 2.45) is 11.7 Å². The lowest BCUT2D eigenvalue weighted by Crippen LogP contribution is -2.31. The molecule has 1 aromatic carbocycles. The van der Waals surface area contributed by atoms with Gasteiger partial charge in [0.1, 0.15) is 23.9 Å². The van der Waals surface area contributed by atoms with Gasteiger partial charge >= 0.3 is 0 Å². The summed E-state index contributed by atoms with van der Waals surface area (Å²) in [4.78, 5) is 25.1. The third kappa shape index (κ3) is 3.56. The summed E-state index contributed by atoms with van der Waals surface area (Å²) in [5, 5.41) is 0. The molecule has 2 N–H and O–H groups in total. The zero-order valence-electron chi connectivity index (χ0n) is 12.9. The van der Waals surface area contributed by atoms with Gasteiger partial charge in [-0.05, 0) is 42.8 Å². The molecule has 0 radical (unpaired) electrons. The summed E-state index contributed by atoms with van der Waals surface area (Å²) < 4.78 is 23.8. The topological polar surface area (TPSA) is 85.8 Å². The lowest BCUT2D eigenvalue weighted by molar-refractivity contribution is -0.121. The number of likely N-dealkylation sites (tertiary alicyclic amines) is 1. The van der Waals surface area contributed by atoms with Crippen LogP contribution in [0, 0.1) is 11.7 Å². The number of nitrogens with two attached hydrogens (primary N) is 1. The first kappa shape index (κ1) is 16.0. The first-order valence-electron chi connectivity index (χ1n) is 7.58. The van der Waals surface area contributed by atoms with Crippen LogP contribution in [-0.4, -0.2) is 29.8 Å². The average molecular weight is 332 g/mol. The standard InChI is InChI=1S/C17H17FN2O4/c18-12-1-3-13(4-2-12)23-10-14-5-6-15(24-14)17(22)20-8-7-11(9-20)16(19)21/h1-6,11H,7-10H2,(H2,19,21)/t11-/m1/s1. The van der Waals surface area contributed by atoms with Crippen LogP contribution in [0.1, 0.15) is 22.7 Å². The van der Waals surface area contributed by atoms with Crippen LogP contribution in [0.3, 0.4) is 0 Å². The summed E-state index contributed by atoms with van der Waals surface area (Å²) in [6.07, 6.45) is 0.572. The van der Waals surface area contributed by atoms with Gasteiger partial charge in [-0.15, -0.1) is 0 Å². The zero-order valence-corrected chi connectivity index (χ0v) is 12.9. The van der Waals surface area contributed by atoms with Gasteiger partial charge in [0.15, 0.2) is 5.76 Å². The Labute approximate surface area is 138 Å². The van der Waals surface area contributed by atoms with E-state index in [9.17, 15) is 14.0 Å². The Morgan fingerprint density at radius 1 is 1.25 bits per heavy atom. The smallest absolute Gasteiger partial charge is 0.289 e. The Kier molecular flexibility index (Phi) is 4.50. The van der Waals surface area contributed by atoms with Crippen LogP contribution in [0.15, 0.2) is 40.8 Å². The van der Waals surface area contributed by atoms with Gasteiger partial charge in [0.05, 0.1) is 5.92 Å². The summed E-state index contributed by atoms with van der Waals surface area (Å²) in [7, 11) is 0. The third-order valence-corrected chi connectivity index (χ3v) is 3.95. The SMILES string of the molecule is NC(=O)[C@@H]1CCN(C(=O)c2ccc(COc3ccc(F)cc3)o2)C1. The zero-order chi connectivity index (χ0) is 17.1. The van der Waals surface area contributed by atoms with Crippen molar-refractivity contribution < 1.29 is 23.1 Å². The highest BCUT2D eigenvalue weighted by atomic mass is 19.1. The van der Waals surface area contributed by atoms with E-state index in [1.807, 2.05) is 0 Å². The van der Waals surface area contributed by atoms with Crippen molar-refractivity contribution in [2.75, 3.05) is 13.1 Å². The molecule has 0 unspecified atom stereocenters. The Morgan fingerprint density at radius 2 is 2.00 bits per heavy atom. The summed E-state index contributed by atoms with van der Waals surface area (Å²) in [5.74, 6) is -0.126. The fourth-order valence-corrected chi connectivity index (χ4v) is 2.59. The maximum absolute atomic E-state index is 12.8. The molecular weight excluding hydrogens is 315 g/mol. The van der Waals surface area contributed by atoms with Crippen LogP contribution in [0.4, 0.5) is 4.39 Å². The van der Waals surface area contributed by atoms with E-state index in [2.05, 4.69) is 0 Å². The van der Waals surface area contributed by atoms with Gasteiger partial charge in [0, 0.05) is 13.1 Å². The van der Waals surface area contributed by atoms with Crippen LogP contribution in [0.5, 0.6) is 5.75 Å². The molecule has 3 rings (SSSR count). The maximum Gasteiger partial charge on any atom is 0.289 e. The normalized spacial score (nSPS) is 17.0. The highest BCUT2D eigenvalue weighted by Gasteiger charge is 2.31. The third-order valence-electron chi connectivity index (χ3n) is 3.95. The number of carbonyl (C=O) groups is 2. The molecule has 2 heterocycles. The number of benzene rings is 1. The first-order valence-corrected chi connectivity index (χ1v) is 7.58. The lowest BCUT2D eigenvalue weighted by Gasteiger charge is -2.13. The Hall–Kier alpha value is -2.83. The van der Waals surface area contributed by atoms with Crippen molar-refractivity contribution in [2.45, 2.75) is 13.0 Å². The molecule has 2 aromatic rings. The van der Waals surface area contributed by atoms with Crippen molar-refractivity contribution >= 4 is 11.8 Å². The molecule has 0 spiro atoms. The second kappa shape index (κ2) is 6.74. The predicted molar refractivity (Wildman–Crippen MR) is 82.6 cm³/mol. The van der Waals surface area contributed by atoms with E-state index in [-0.39, 0.29) is 30.0 Å². The number of furan rings is 1. The molecule has 24 heavy (non-hydrogen) atoms. The maximum atomic E-state index is 12.8. The summed E-state index contributed by atoms with van der Waals surface area (Å²) in [6, 6.07) is 8.85. The van der Waals surface area contributed by atoms with Crippen molar-refractivity contribution in [1.82, 2.24) is 4.90 Å². The number of halogens is 1. The molecule has 1 aliphatic rings. The number of rotatable bonds is 5. The number of ether oxygens (including phenoxy) is 1. The molecule has 1 aromatic heterocycles. The van der Waals surface area contributed by atoms with E-state index in [4.69, 9.17) is 14.9 Å². The summed E-state index contributed by atoms with van der Waals surface area (Å²) in [5.41, 5.74) is 5.27. The number of carbonyl (C=O) groups excluding carboxylic acids is 2. The molecule has 0 saturated carbocycles. The van der Waals surface area contributed by atoms with E-state index in [0.717, 1.165) is 0 Å². The van der Waals surface area contributed by atoms with Gasteiger partial charge in [-0.25, -0.2) is 4.39 Å². The minimum Gasteiger partial charge on any atom is -0.486 e. The monoisotopic (exact) mass is 332 g/mol. The lowest BCUT2D eigenvalue weighted by atomic mass is 10.1. The second-order valence-electron chi connectivity index (χ2n) is 5.65. The molecule has 1 aliphatic heterocycles. The number of hydrogen-bond donors (Lipinski definition) is 1. The van der Waals surface area contributed by atoms with E-state index in [0.29, 0.717) is 31.0 Å². The van der Waals surface area contributed by atoms with Gasteiger partial charge in [-0.2, -0.15) is 0 Å².